The molecule has 0 bridgehead atoms. The van der Waals surface area contributed by atoms with Crippen molar-refractivity contribution in [3.63, 3.8) is 0 Å². The molecule has 0 unspecified atom stereocenters. The van der Waals surface area contributed by atoms with Crippen LogP contribution in [0.5, 0.6) is 0 Å². The van der Waals surface area contributed by atoms with Crippen molar-refractivity contribution < 1.29 is 4.92 Å². The normalized spacial score (nSPS) is 18.2. The molecule has 1 aromatic rings. The van der Waals surface area contributed by atoms with Crippen LogP contribution in [0.1, 0.15) is 42.5 Å². The first-order valence-electron chi connectivity index (χ1n) is 7.88. The van der Waals surface area contributed by atoms with Gasteiger partial charge in [-0.25, -0.2) is 0 Å². The van der Waals surface area contributed by atoms with Crippen molar-refractivity contribution >= 4 is 5.69 Å². The van der Waals surface area contributed by atoms with Crippen molar-refractivity contribution in [2.24, 2.45) is 17.8 Å². The zero-order chi connectivity index (χ0) is 15.0. The number of nitro groups is 1. The lowest BCUT2D eigenvalue weighted by Gasteiger charge is -2.16. The molecule has 2 saturated carbocycles. The van der Waals surface area contributed by atoms with Gasteiger partial charge in [-0.1, -0.05) is 0 Å². The van der Waals surface area contributed by atoms with Gasteiger partial charge in [0.25, 0.3) is 5.69 Å². The van der Waals surface area contributed by atoms with Gasteiger partial charge in [0.1, 0.15) is 0 Å². The van der Waals surface area contributed by atoms with Gasteiger partial charge in [0.2, 0.25) is 0 Å². The largest absolute Gasteiger partial charge is 0.311 e. The number of hydrogen-bond donors (Lipinski definition) is 1. The molecule has 2 aliphatic rings. The van der Waals surface area contributed by atoms with Crippen LogP contribution in [0.3, 0.4) is 0 Å². The molecular formula is C16H23N3O2. The summed E-state index contributed by atoms with van der Waals surface area (Å²) in [6.45, 7) is 5.20. The monoisotopic (exact) mass is 289 g/mol. The van der Waals surface area contributed by atoms with Crippen LogP contribution in [-0.4, -0.2) is 16.5 Å². The van der Waals surface area contributed by atoms with Gasteiger partial charge in [-0.3, -0.25) is 15.1 Å². The summed E-state index contributed by atoms with van der Waals surface area (Å²) in [6, 6.07) is 0. The molecule has 0 aliphatic heterocycles. The molecule has 2 fully saturated rings. The molecule has 0 spiro atoms. The number of hydrogen-bond acceptors (Lipinski definition) is 4. The number of pyridine rings is 1. The van der Waals surface area contributed by atoms with Crippen molar-refractivity contribution in [1.82, 2.24) is 10.3 Å². The molecule has 0 saturated heterocycles. The standard InChI is InChI=1S/C16H23N3O2/c1-10-7-18-15(11(2)16(10)19(20)21)9-17-8-14(12-3-4-12)13-5-6-13/h7,12-14,17H,3-6,8-9H2,1-2H3. The van der Waals surface area contributed by atoms with E-state index in [2.05, 4.69) is 10.3 Å². The summed E-state index contributed by atoms with van der Waals surface area (Å²) in [4.78, 5) is 15.2. The fourth-order valence-electron chi connectivity index (χ4n) is 3.35. The Morgan fingerprint density at radius 1 is 1.33 bits per heavy atom. The molecule has 0 atom stereocenters. The highest BCUT2D eigenvalue weighted by molar-refractivity contribution is 5.47. The predicted molar refractivity (Wildman–Crippen MR) is 81.0 cm³/mol. The molecule has 5 heteroatoms. The predicted octanol–water partition coefficient (Wildman–Crippen LogP) is 3.13. The summed E-state index contributed by atoms with van der Waals surface area (Å²) in [5, 5.41) is 14.6. The van der Waals surface area contributed by atoms with Crippen LogP contribution >= 0.6 is 0 Å². The average molecular weight is 289 g/mol. The molecular weight excluding hydrogens is 266 g/mol. The van der Waals surface area contributed by atoms with Gasteiger partial charge in [0.15, 0.2) is 0 Å². The molecule has 21 heavy (non-hydrogen) atoms. The first-order valence-corrected chi connectivity index (χ1v) is 7.88. The van der Waals surface area contributed by atoms with Crippen LogP contribution in [0.25, 0.3) is 0 Å². The van der Waals surface area contributed by atoms with Crippen molar-refractivity contribution in [2.75, 3.05) is 6.54 Å². The second-order valence-electron chi connectivity index (χ2n) is 6.59. The van der Waals surface area contributed by atoms with Crippen molar-refractivity contribution in [3.05, 3.63) is 33.1 Å². The molecule has 1 N–H and O–H groups in total. The lowest BCUT2D eigenvalue weighted by molar-refractivity contribution is -0.386. The Hall–Kier alpha value is -1.49. The summed E-state index contributed by atoms with van der Waals surface area (Å²) in [7, 11) is 0. The minimum Gasteiger partial charge on any atom is -0.311 e. The Balaban J connectivity index is 1.62. The third-order valence-corrected chi connectivity index (χ3v) is 4.89. The summed E-state index contributed by atoms with van der Waals surface area (Å²) < 4.78 is 0. The van der Waals surface area contributed by atoms with Gasteiger partial charge in [-0.15, -0.1) is 0 Å². The number of aryl methyl sites for hydroxylation is 1. The lowest BCUT2D eigenvalue weighted by Crippen LogP contribution is -2.26. The van der Waals surface area contributed by atoms with Gasteiger partial charge in [0, 0.05) is 23.9 Å². The minimum atomic E-state index is -0.299. The van der Waals surface area contributed by atoms with E-state index < -0.39 is 0 Å². The maximum absolute atomic E-state index is 11.1. The van der Waals surface area contributed by atoms with Gasteiger partial charge >= 0.3 is 0 Å². The SMILES string of the molecule is Cc1cnc(CNCC(C2CC2)C2CC2)c(C)c1[N+](=O)[O-]. The van der Waals surface area contributed by atoms with E-state index in [1.165, 1.54) is 25.7 Å². The maximum atomic E-state index is 11.1. The third-order valence-electron chi connectivity index (χ3n) is 4.89. The third kappa shape index (κ3) is 3.23. The van der Waals surface area contributed by atoms with E-state index in [1.807, 2.05) is 0 Å². The molecule has 1 heterocycles. The number of nitrogens with one attached hydrogen (secondary N) is 1. The number of rotatable bonds is 7. The minimum absolute atomic E-state index is 0.211. The fourth-order valence-corrected chi connectivity index (χ4v) is 3.35. The van der Waals surface area contributed by atoms with E-state index >= 15 is 0 Å². The van der Waals surface area contributed by atoms with Crippen LogP contribution in [0, 0.1) is 41.7 Å². The Bertz CT molecular complexity index is 539. The summed E-state index contributed by atoms with van der Waals surface area (Å²) in [5.74, 6) is 2.66. The smallest absolute Gasteiger partial charge is 0.278 e. The Labute approximate surface area is 125 Å². The van der Waals surface area contributed by atoms with Gasteiger partial charge in [0.05, 0.1) is 10.6 Å². The van der Waals surface area contributed by atoms with Crippen LogP contribution in [0.4, 0.5) is 5.69 Å². The Morgan fingerprint density at radius 2 is 1.95 bits per heavy atom. The van der Waals surface area contributed by atoms with Crippen LogP contribution in [0.15, 0.2) is 6.20 Å². The fraction of sp³-hybridized carbons (Fsp3) is 0.688. The zero-order valence-electron chi connectivity index (χ0n) is 12.8. The first kappa shape index (κ1) is 14.4. The summed E-state index contributed by atoms with van der Waals surface area (Å²) >= 11 is 0. The van der Waals surface area contributed by atoms with Crippen molar-refractivity contribution in [2.45, 2.75) is 46.1 Å². The highest BCUT2D eigenvalue weighted by atomic mass is 16.6. The van der Waals surface area contributed by atoms with E-state index in [0.29, 0.717) is 17.7 Å². The van der Waals surface area contributed by atoms with Crippen LogP contribution < -0.4 is 5.32 Å². The molecule has 5 nitrogen and oxygen atoms in total. The zero-order valence-corrected chi connectivity index (χ0v) is 12.8. The van der Waals surface area contributed by atoms with Gasteiger partial charge < -0.3 is 5.32 Å². The molecule has 114 valence electrons. The van der Waals surface area contributed by atoms with E-state index in [4.69, 9.17) is 0 Å². The maximum Gasteiger partial charge on any atom is 0.278 e. The molecule has 1 aromatic heterocycles. The highest BCUT2D eigenvalue weighted by Crippen LogP contribution is 2.48. The number of nitrogens with zero attached hydrogens (tertiary/aromatic N) is 2. The van der Waals surface area contributed by atoms with Crippen LogP contribution in [0.2, 0.25) is 0 Å². The highest BCUT2D eigenvalue weighted by Gasteiger charge is 2.40. The van der Waals surface area contributed by atoms with Crippen molar-refractivity contribution in [1.29, 1.82) is 0 Å². The molecule has 2 aliphatic carbocycles. The Kier molecular flexibility index (Phi) is 3.93. The van der Waals surface area contributed by atoms with Crippen LogP contribution in [-0.2, 0) is 6.54 Å². The van der Waals surface area contributed by atoms with E-state index in [0.717, 1.165) is 30.0 Å². The topological polar surface area (TPSA) is 68.1 Å². The number of aromatic nitrogens is 1. The first-order chi connectivity index (χ1) is 10.1. The quantitative estimate of drug-likeness (QED) is 0.618. The molecule has 0 aromatic carbocycles. The van der Waals surface area contributed by atoms with Crippen molar-refractivity contribution in [3.8, 4) is 0 Å². The second-order valence-corrected chi connectivity index (χ2v) is 6.59. The summed E-state index contributed by atoms with van der Waals surface area (Å²) in [6.07, 6.45) is 7.15. The molecule has 3 rings (SSSR count). The molecule has 0 amide bonds. The van der Waals surface area contributed by atoms with Gasteiger partial charge in [-0.05, 0) is 63.8 Å². The second kappa shape index (κ2) is 5.72. The average Bonchev–Trinajstić information content (AvgIpc) is 3.29. The van der Waals surface area contributed by atoms with E-state index in [-0.39, 0.29) is 10.6 Å². The van der Waals surface area contributed by atoms with Gasteiger partial charge in [-0.2, -0.15) is 0 Å². The molecule has 0 radical (unpaired) electrons. The lowest BCUT2D eigenvalue weighted by atomic mass is 9.98. The summed E-state index contributed by atoms with van der Waals surface area (Å²) in [5.41, 5.74) is 2.34. The Morgan fingerprint density at radius 3 is 2.48 bits per heavy atom. The van der Waals surface area contributed by atoms with E-state index in [1.54, 1.807) is 20.0 Å². The van der Waals surface area contributed by atoms with E-state index in [9.17, 15) is 10.1 Å².